The Hall–Kier alpha value is -2.79. The van der Waals surface area contributed by atoms with Crippen LogP contribution in [-0.4, -0.2) is 64.1 Å². The average Bonchev–Trinajstić information content (AvgIpc) is 2.83. The van der Waals surface area contributed by atoms with Crippen LogP contribution in [0.2, 0.25) is 0 Å². The van der Waals surface area contributed by atoms with E-state index < -0.39 is 0 Å². The zero-order chi connectivity index (χ0) is 22.3. The number of ether oxygens (including phenoxy) is 4. The van der Waals surface area contributed by atoms with Crippen LogP contribution in [0.5, 0.6) is 17.2 Å². The molecule has 3 atom stereocenters. The summed E-state index contributed by atoms with van der Waals surface area (Å²) >= 11 is 0. The molecule has 2 aliphatic rings. The Balaban J connectivity index is 1.43. The van der Waals surface area contributed by atoms with Crippen LogP contribution in [0.25, 0.3) is 0 Å². The smallest absolute Gasteiger partial charge is 0.164 e. The van der Waals surface area contributed by atoms with Crippen LogP contribution < -0.4 is 19.5 Å². The van der Waals surface area contributed by atoms with Crippen molar-refractivity contribution in [3.05, 3.63) is 53.6 Å². The van der Waals surface area contributed by atoms with E-state index in [4.69, 9.17) is 24.2 Å². The summed E-state index contributed by atoms with van der Waals surface area (Å²) in [5.74, 6) is 2.03. The maximum Gasteiger partial charge on any atom is 0.164 e. The van der Waals surface area contributed by atoms with Gasteiger partial charge in [-0.1, -0.05) is 12.1 Å². The van der Waals surface area contributed by atoms with Gasteiger partial charge >= 0.3 is 0 Å². The van der Waals surface area contributed by atoms with Crippen molar-refractivity contribution >= 4 is 0 Å². The van der Waals surface area contributed by atoms with Gasteiger partial charge in [0.05, 0.1) is 38.1 Å². The summed E-state index contributed by atoms with van der Waals surface area (Å²) in [6.45, 7) is 4.83. The van der Waals surface area contributed by atoms with Crippen LogP contribution in [0.4, 0.5) is 0 Å². The van der Waals surface area contributed by atoms with Gasteiger partial charge in [-0.15, -0.1) is 0 Å². The van der Waals surface area contributed by atoms with Crippen LogP contribution in [0.3, 0.4) is 0 Å². The molecule has 7 heteroatoms. The Morgan fingerprint density at radius 2 is 1.78 bits per heavy atom. The standard InChI is InChI=1S/C25H31N3O4/c1-29-24-10-9-20(12-25(24)30-2)32-23(19-7-5-18(13-26)6-8-19)4-3-11-28-16-21-14-27-15-22(17-28)31-21/h5-10,12,21-23,27H,3-4,11,14-17H2,1-2H3. The second-order valence-electron chi connectivity index (χ2n) is 8.30. The van der Waals surface area contributed by atoms with E-state index in [9.17, 15) is 0 Å². The molecule has 0 radical (unpaired) electrons. The summed E-state index contributed by atoms with van der Waals surface area (Å²) in [6, 6.07) is 15.4. The molecule has 2 aliphatic heterocycles. The van der Waals surface area contributed by atoms with Crippen molar-refractivity contribution < 1.29 is 18.9 Å². The largest absolute Gasteiger partial charge is 0.493 e. The fourth-order valence-electron chi connectivity index (χ4n) is 4.44. The maximum absolute atomic E-state index is 9.14. The normalized spacial score (nSPS) is 21.4. The lowest BCUT2D eigenvalue weighted by Gasteiger charge is -2.42. The van der Waals surface area contributed by atoms with Gasteiger partial charge in [0.2, 0.25) is 0 Å². The Kier molecular flexibility index (Phi) is 7.48. The highest BCUT2D eigenvalue weighted by Crippen LogP contribution is 2.34. The molecule has 170 valence electrons. The first-order valence-corrected chi connectivity index (χ1v) is 11.2. The number of hydrogen-bond donors (Lipinski definition) is 1. The summed E-state index contributed by atoms with van der Waals surface area (Å²) in [7, 11) is 3.24. The van der Waals surface area contributed by atoms with Gasteiger partial charge in [0.1, 0.15) is 11.9 Å². The van der Waals surface area contributed by atoms with Gasteiger partial charge in [-0.05, 0) is 49.2 Å². The molecule has 2 fully saturated rings. The number of rotatable bonds is 9. The zero-order valence-electron chi connectivity index (χ0n) is 18.8. The van der Waals surface area contributed by atoms with Crippen molar-refractivity contribution in [2.45, 2.75) is 31.2 Å². The second kappa shape index (κ2) is 10.7. The molecular weight excluding hydrogens is 406 g/mol. The minimum Gasteiger partial charge on any atom is -0.493 e. The molecule has 3 unspecified atom stereocenters. The topological polar surface area (TPSA) is 76.0 Å². The lowest BCUT2D eigenvalue weighted by molar-refractivity contribution is -0.103. The number of fused-ring (bicyclic) bond motifs is 2. The fraction of sp³-hybridized carbons (Fsp3) is 0.480. The first-order valence-electron chi connectivity index (χ1n) is 11.2. The first kappa shape index (κ1) is 22.4. The molecule has 4 rings (SSSR count). The Morgan fingerprint density at radius 3 is 2.44 bits per heavy atom. The molecule has 0 spiro atoms. The average molecular weight is 438 g/mol. The second-order valence-corrected chi connectivity index (χ2v) is 8.30. The number of morpholine rings is 2. The number of hydrogen-bond acceptors (Lipinski definition) is 7. The predicted octanol–water partition coefficient (Wildman–Crippen LogP) is 3.15. The number of nitrogens with zero attached hydrogens (tertiary/aromatic N) is 2. The van der Waals surface area contributed by atoms with E-state index in [1.807, 2.05) is 42.5 Å². The van der Waals surface area contributed by atoms with E-state index in [1.54, 1.807) is 14.2 Å². The van der Waals surface area contributed by atoms with E-state index in [0.29, 0.717) is 29.3 Å². The van der Waals surface area contributed by atoms with Crippen molar-refractivity contribution in [2.24, 2.45) is 0 Å². The van der Waals surface area contributed by atoms with Crippen LogP contribution in [-0.2, 0) is 4.74 Å². The van der Waals surface area contributed by atoms with Gasteiger partial charge in [0.25, 0.3) is 0 Å². The first-order chi connectivity index (χ1) is 15.7. The summed E-state index contributed by atoms with van der Waals surface area (Å²) in [5, 5.41) is 12.6. The fourth-order valence-corrected chi connectivity index (χ4v) is 4.44. The van der Waals surface area contributed by atoms with Gasteiger partial charge < -0.3 is 24.3 Å². The molecular formula is C25H31N3O4. The molecule has 2 saturated heterocycles. The van der Waals surface area contributed by atoms with Crippen LogP contribution >= 0.6 is 0 Å². The SMILES string of the molecule is COc1ccc(OC(CCCN2CC3CNCC(C2)O3)c2ccc(C#N)cc2)cc1OC. The van der Waals surface area contributed by atoms with Crippen molar-refractivity contribution in [3.63, 3.8) is 0 Å². The third-order valence-electron chi connectivity index (χ3n) is 6.04. The predicted molar refractivity (Wildman–Crippen MR) is 121 cm³/mol. The van der Waals surface area contributed by atoms with Gasteiger partial charge in [-0.25, -0.2) is 0 Å². The molecule has 2 aromatic carbocycles. The quantitative estimate of drug-likeness (QED) is 0.646. The van der Waals surface area contributed by atoms with Gasteiger partial charge in [0, 0.05) is 32.2 Å². The highest BCUT2D eigenvalue weighted by molar-refractivity contribution is 5.45. The van der Waals surface area contributed by atoms with Gasteiger partial charge in [0.15, 0.2) is 11.5 Å². The highest BCUT2D eigenvalue weighted by atomic mass is 16.5. The van der Waals surface area contributed by atoms with Crippen LogP contribution in [0, 0.1) is 11.3 Å². The molecule has 0 aromatic heterocycles. The molecule has 0 amide bonds. The Labute approximate surface area is 189 Å². The van der Waals surface area contributed by atoms with Crippen molar-refractivity contribution in [1.29, 1.82) is 5.26 Å². The Morgan fingerprint density at radius 1 is 1.06 bits per heavy atom. The number of benzene rings is 2. The van der Waals surface area contributed by atoms with Gasteiger partial charge in [-0.2, -0.15) is 5.26 Å². The van der Waals surface area contributed by atoms with Crippen molar-refractivity contribution in [3.8, 4) is 23.3 Å². The number of methoxy groups -OCH3 is 2. The van der Waals surface area contributed by atoms with Crippen LogP contribution in [0.15, 0.2) is 42.5 Å². The summed E-state index contributed by atoms with van der Waals surface area (Å²) in [5.41, 5.74) is 1.70. The summed E-state index contributed by atoms with van der Waals surface area (Å²) in [4.78, 5) is 2.51. The maximum atomic E-state index is 9.14. The highest BCUT2D eigenvalue weighted by Gasteiger charge is 2.30. The van der Waals surface area contributed by atoms with E-state index in [-0.39, 0.29) is 6.10 Å². The lowest BCUT2D eigenvalue weighted by Crippen LogP contribution is -2.58. The monoisotopic (exact) mass is 437 g/mol. The van der Waals surface area contributed by atoms with Crippen molar-refractivity contribution in [1.82, 2.24) is 10.2 Å². The van der Waals surface area contributed by atoms with Gasteiger partial charge in [-0.3, -0.25) is 4.90 Å². The molecule has 1 N–H and O–H groups in total. The summed E-state index contributed by atoms with van der Waals surface area (Å²) < 4.78 is 23.2. The lowest BCUT2D eigenvalue weighted by atomic mass is 10.0. The van der Waals surface area contributed by atoms with E-state index >= 15 is 0 Å². The number of nitrogens with one attached hydrogen (secondary N) is 1. The molecule has 32 heavy (non-hydrogen) atoms. The van der Waals surface area contributed by atoms with E-state index in [1.165, 1.54) is 0 Å². The third-order valence-corrected chi connectivity index (χ3v) is 6.04. The Bertz CT molecular complexity index is 916. The number of nitriles is 1. The minimum absolute atomic E-state index is 0.122. The molecule has 7 nitrogen and oxygen atoms in total. The van der Waals surface area contributed by atoms with E-state index in [2.05, 4.69) is 16.3 Å². The summed E-state index contributed by atoms with van der Waals surface area (Å²) in [6.07, 6.45) is 2.33. The third kappa shape index (κ3) is 5.52. The molecule has 2 heterocycles. The molecule has 0 aliphatic carbocycles. The molecule has 0 saturated carbocycles. The van der Waals surface area contributed by atoms with Crippen molar-refractivity contribution in [2.75, 3.05) is 46.9 Å². The zero-order valence-corrected chi connectivity index (χ0v) is 18.8. The molecule has 2 aromatic rings. The van der Waals surface area contributed by atoms with Crippen LogP contribution in [0.1, 0.15) is 30.1 Å². The van der Waals surface area contributed by atoms with E-state index in [0.717, 1.165) is 56.9 Å². The minimum atomic E-state index is -0.122. The molecule has 2 bridgehead atoms.